The molecular formula is C24H26Cl2NOPTi. The molecule has 0 radical (unpaired) electrons. The molecule has 0 bridgehead atoms. The second-order valence-electron chi connectivity index (χ2n) is 7.84. The van der Waals surface area contributed by atoms with E-state index in [1.165, 1.54) is 10.9 Å². The van der Waals surface area contributed by atoms with Crippen molar-refractivity contribution < 1.29 is 22.1 Å². The Labute approximate surface area is 198 Å². The van der Waals surface area contributed by atoms with Crippen LogP contribution in [0.15, 0.2) is 71.7 Å². The fourth-order valence-corrected chi connectivity index (χ4v) is 4.29. The number of aliphatic imine (C=N–C) groups is 1. The monoisotopic (exact) mass is 493 g/mol. The summed E-state index contributed by atoms with van der Waals surface area (Å²) in [5.41, 5.74) is 4.10. The van der Waals surface area contributed by atoms with Crippen molar-refractivity contribution in [3.8, 4) is 5.75 Å². The molecule has 0 amide bonds. The van der Waals surface area contributed by atoms with Crippen LogP contribution < -0.4 is 10.6 Å². The summed E-state index contributed by atoms with van der Waals surface area (Å²) in [7, 11) is 10.2. The first-order chi connectivity index (χ1) is 14.3. The Morgan fingerprint density at radius 3 is 2.17 bits per heavy atom. The molecule has 1 unspecified atom stereocenters. The van der Waals surface area contributed by atoms with Gasteiger partial charge in [0.2, 0.25) is 0 Å². The standard InChI is InChI=1S/C24H26NOP.2ClH.Ti/c1-17-14-20(24(2,3)4)23(26)22(15-17)27-21-13-9-8-10-18(21)16-25-19-11-6-5-7-12-19;;;/h5-16,26-27H,1-4H3;2*1H;/q;;;+2/p-2. The van der Waals surface area contributed by atoms with Gasteiger partial charge in [0.05, 0.1) is 5.69 Å². The van der Waals surface area contributed by atoms with E-state index < -0.39 is 17.0 Å². The predicted molar refractivity (Wildman–Crippen MR) is 131 cm³/mol. The van der Waals surface area contributed by atoms with Gasteiger partial charge in [-0.1, -0.05) is 77.9 Å². The number of rotatable bonds is 4. The van der Waals surface area contributed by atoms with Crippen molar-refractivity contribution in [3.05, 3.63) is 83.4 Å². The van der Waals surface area contributed by atoms with Gasteiger partial charge in [0.1, 0.15) is 5.75 Å². The summed E-state index contributed by atoms with van der Waals surface area (Å²) >= 11 is -0.556. The molecule has 0 aliphatic rings. The molecule has 156 valence electrons. The molecule has 3 aromatic carbocycles. The molecule has 1 N–H and O–H groups in total. The Balaban J connectivity index is 0.00000101. The van der Waals surface area contributed by atoms with Crippen molar-refractivity contribution in [1.82, 2.24) is 0 Å². The third-order valence-electron chi connectivity index (χ3n) is 4.40. The molecule has 0 fully saturated rings. The van der Waals surface area contributed by atoms with Crippen LogP contribution in [0.5, 0.6) is 5.75 Å². The van der Waals surface area contributed by atoms with Gasteiger partial charge in [-0.15, -0.1) is 0 Å². The van der Waals surface area contributed by atoms with Crippen LogP contribution in [-0.4, -0.2) is 11.3 Å². The Kier molecular flexibility index (Phi) is 10.1. The number of hydrogen-bond acceptors (Lipinski definition) is 2. The third kappa shape index (κ3) is 7.52. The van der Waals surface area contributed by atoms with Crippen molar-refractivity contribution in [1.29, 1.82) is 0 Å². The van der Waals surface area contributed by atoms with Crippen LogP contribution in [0, 0.1) is 6.92 Å². The number of aromatic hydroxyl groups is 1. The number of hydrogen-bond donors (Lipinski definition) is 1. The summed E-state index contributed by atoms with van der Waals surface area (Å²) < 4.78 is 0. The molecule has 6 heteroatoms. The SMILES string of the molecule is Cc1cc(Pc2ccccc2C=Nc2ccccc2)c(O)c(C(C)(C)C)c1.[Cl][Ti][Cl]. The summed E-state index contributed by atoms with van der Waals surface area (Å²) in [4.78, 5) is 4.59. The number of benzene rings is 3. The third-order valence-corrected chi connectivity index (χ3v) is 5.78. The second-order valence-corrected chi connectivity index (χ2v) is 11.7. The Hall–Kier alpha value is -1.15. The number of para-hydroxylation sites is 1. The first kappa shape index (κ1) is 25.1. The van der Waals surface area contributed by atoms with Crippen LogP contribution in [0.1, 0.15) is 37.5 Å². The Bertz CT molecular complexity index is 988. The van der Waals surface area contributed by atoms with Gasteiger partial charge in [-0.2, -0.15) is 0 Å². The minimum absolute atomic E-state index is 0.0936. The van der Waals surface area contributed by atoms with Gasteiger partial charge in [0.15, 0.2) is 0 Å². The van der Waals surface area contributed by atoms with Crippen molar-refractivity contribution in [2.75, 3.05) is 0 Å². The molecule has 0 saturated heterocycles. The average Bonchev–Trinajstić information content (AvgIpc) is 2.70. The number of aryl methyl sites for hydroxylation is 1. The minimum atomic E-state index is -0.556. The normalized spacial score (nSPS) is 11.5. The van der Waals surface area contributed by atoms with E-state index in [4.69, 9.17) is 18.6 Å². The summed E-state index contributed by atoms with van der Waals surface area (Å²) in [5.74, 6) is 0.418. The number of phenols is 1. The topological polar surface area (TPSA) is 32.6 Å². The van der Waals surface area contributed by atoms with Gasteiger partial charge in [0.25, 0.3) is 0 Å². The van der Waals surface area contributed by atoms with Gasteiger partial charge in [-0.05, 0) is 41.4 Å². The van der Waals surface area contributed by atoms with E-state index in [-0.39, 0.29) is 5.41 Å². The molecule has 2 nitrogen and oxygen atoms in total. The Morgan fingerprint density at radius 1 is 0.933 bits per heavy atom. The van der Waals surface area contributed by atoms with Crippen LogP contribution in [0.25, 0.3) is 0 Å². The molecular weight excluding hydrogens is 468 g/mol. The van der Waals surface area contributed by atoms with Gasteiger partial charge >= 0.3 is 35.6 Å². The summed E-state index contributed by atoms with van der Waals surface area (Å²) in [6.07, 6.45) is 1.91. The van der Waals surface area contributed by atoms with Crippen LogP contribution in [0.4, 0.5) is 5.69 Å². The number of phenolic OH excluding ortho intramolecular Hbond substituents is 1. The number of nitrogens with zero attached hydrogens (tertiary/aromatic N) is 1. The van der Waals surface area contributed by atoms with E-state index in [0.29, 0.717) is 14.3 Å². The summed E-state index contributed by atoms with van der Waals surface area (Å²) in [5, 5.41) is 13.0. The maximum absolute atomic E-state index is 10.9. The zero-order valence-electron chi connectivity index (χ0n) is 17.6. The first-order valence-corrected chi connectivity index (χ1v) is 14.8. The zero-order chi connectivity index (χ0) is 22.1. The molecule has 0 aromatic heterocycles. The molecule has 3 rings (SSSR count). The summed E-state index contributed by atoms with van der Waals surface area (Å²) in [6, 6.07) is 22.4. The van der Waals surface area contributed by atoms with Crippen LogP contribution >= 0.6 is 27.2 Å². The van der Waals surface area contributed by atoms with Crippen molar-refractivity contribution in [3.63, 3.8) is 0 Å². The van der Waals surface area contributed by atoms with E-state index in [9.17, 15) is 5.11 Å². The maximum atomic E-state index is 10.9. The molecule has 0 aliphatic heterocycles. The van der Waals surface area contributed by atoms with E-state index in [1.807, 2.05) is 48.7 Å². The molecule has 0 saturated carbocycles. The molecule has 0 heterocycles. The first-order valence-electron chi connectivity index (χ1n) is 9.51. The predicted octanol–water partition coefficient (Wildman–Crippen LogP) is 6.75. The second kappa shape index (κ2) is 12.0. The van der Waals surface area contributed by atoms with Crippen LogP contribution in [-0.2, 0) is 22.4 Å². The van der Waals surface area contributed by atoms with Gasteiger partial charge in [-0.25, -0.2) is 0 Å². The van der Waals surface area contributed by atoms with Crippen LogP contribution in [0.3, 0.4) is 0 Å². The quantitative estimate of drug-likeness (QED) is 0.243. The van der Waals surface area contributed by atoms with E-state index in [1.54, 1.807) is 0 Å². The van der Waals surface area contributed by atoms with Crippen molar-refractivity contribution in [2.45, 2.75) is 33.1 Å². The molecule has 1 atom stereocenters. The fourth-order valence-electron chi connectivity index (χ4n) is 2.97. The van der Waals surface area contributed by atoms with E-state index in [2.05, 4.69) is 57.0 Å². The molecule has 30 heavy (non-hydrogen) atoms. The van der Waals surface area contributed by atoms with Crippen LogP contribution in [0.2, 0.25) is 0 Å². The van der Waals surface area contributed by atoms with Crippen molar-refractivity contribution in [2.24, 2.45) is 4.99 Å². The average molecular weight is 494 g/mol. The molecule has 0 aliphatic carbocycles. The summed E-state index contributed by atoms with van der Waals surface area (Å²) in [6.45, 7) is 8.49. The number of halogens is 2. The van der Waals surface area contributed by atoms with Crippen molar-refractivity contribution >= 4 is 49.7 Å². The fraction of sp³-hybridized carbons (Fsp3) is 0.208. The zero-order valence-corrected chi connectivity index (χ0v) is 21.7. The Morgan fingerprint density at radius 2 is 1.53 bits per heavy atom. The van der Waals surface area contributed by atoms with Gasteiger partial charge in [-0.3, -0.25) is 4.99 Å². The molecule has 3 aromatic rings. The van der Waals surface area contributed by atoms with E-state index >= 15 is 0 Å². The van der Waals surface area contributed by atoms with Gasteiger partial charge < -0.3 is 5.11 Å². The van der Waals surface area contributed by atoms with Gasteiger partial charge in [0, 0.05) is 22.6 Å². The molecule has 0 spiro atoms. The van der Waals surface area contributed by atoms with E-state index in [0.717, 1.165) is 22.1 Å².